The number of nitrogens with one attached hydrogen (secondary N) is 2. The van der Waals surface area contributed by atoms with Gasteiger partial charge in [0.15, 0.2) is 0 Å². The number of carbonyl (C=O) groups excluding carboxylic acids is 3. The molecule has 3 saturated heterocycles. The van der Waals surface area contributed by atoms with Crippen molar-refractivity contribution >= 4 is 39.3 Å². The average Bonchev–Trinajstić information content (AvgIpc) is 3.12. The van der Waals surface area contributed by atoms with Crippen LogP contribution in [0.4, 0.5) is 5.69 Å². The minimum Gasteiger partial charge on any atom is -0.380 e. The summed E-state index contributed by atoms with van der Waals surface area (Å²) in [6.07, 6.45) is 10.5. The van der Waals surface area contributed by atoms with Crippen molar-refractivity contribution < 1.29 is 14.4 Å². The van der Waals surface area contributed by atoms with Crippen LogP contribution < -0.4 is 16.2 Å². The molecule has 4 aliphatic rings. The molecule has 1 spiro atoms. The molecule has 264 valence electrons. The molecule has 3 unspecified atom stereocenters. The van der Waals surface area contributed by atoms with Gasteiger partial charge in [0.05, 0.1) is 11.6 Å². The maximum Gasteiger partial charge on any atom is 0.266 e. The lowest BCUT2D eigenvalue weighted by molar-refractivity contribution is -0.134. The third-order valence-electron chi connectivity index (χ3n) is 12.0. The molecule has 3 aromatic rings. The molecule has 4 fully saturated rings. The first-order chi connectivity index (χ1) is 24.1. The highest BCUT2D eigenvalue weighted by molar-refractivity contribution is 9.10. The number of hydrogen-bond acceptors (Lipinski definition) is 6. The highest BCUT2D eigenvalue weighted by Gasteiger charge is 2.39. The number of hydrogen-bond donors (Lipinski definition) is 2. The molecule has 4 heterocycles. The second-order valence-corrected chi connectivity index (χ2v) is 16.1. The van der Waals surface area contributed by atoms with Gasteiger partial charge in [0.1, 0.15) is 4.47 Å². The van der Waals surface area contributed by atoms with Gasteiger partial charge in [-0.3, -0.25) is 24.5 Å². The van der Waals surface area contributed by atoms with E-state index < -0.39 is 0 Å². The van der Waals surface area contributed by atoms with Gasteiger partial charge in [-0.25, -0.2) is 0 Å². The van der Waals surface area contributed by atoms with Crippen molar-refractivity contribution in [1.82, 2.24) is 19.7 Å². The third-order valence-corrected chi connectivity index (χ3v) is 12.8. The number of nitrogens with zero attached hydrogens (tertiary/aromatic N) is 3. The standard InChI is InChI=1S/C40H48BrN5O4/c1-44-24-31(23-32(25-44)42-34-15-20-45(2)39(50)36(34)41)27-5-9-30(10-6-27)38(49)46-21-18-40(19-22-46)16-13-28(14-17-40)26-3-7-29(8-4-26)33-11-12-35(47)43-37(33)48/h3-10,15,20,28,31-33,42H,11-14,16-19,21-25H2,1-2H3,(H,43,47,48). The molecule has 1 aromatic heterocycles. The molecule has 3 atom stereocenters. The van der Waals surface area contributed by atoms with Gasteiger partial charge in [-0.1, -0.05) is 36.4 Å². The Morgan fingerprint density at radius 3 is 2.14 bits per heavy atom. The van der Waals surface area contributed by atoms with Crippen LogP contribution in [0.25, 0.3) is 0 Å². The summed E-state index contributed by atoms with van der Waals surface area (Å²) in [4.78, 5) is 54.2. The minimum atomic E-state index is -0.237. The number of carbonyl (C=O) groups is 3. The molecule has 0 radical (unpaired) electrons. The van der Waals surface area contributed by atoms with Crippen LogP contribution in [0.5, 0.6) is 0 Å². The highest BCUT2D eigenvalue weighted by Crippen LogP contribution is 2.49. The van der Waals surface area contributed by atoms with Crippen LogP contribution in [0, 0.1) is 5.41 Å². The van der Waals surface area contributed by atoms with Crippen LogP contribution in [0.2, 0.25) is 0 Å². The molecular formula is C40H48BrN5O4. The number of piperidine rings is 3. The number of likely N-dealkylation sites (tertiary alicyclic amines) is 2. The number of likely N-dealkylation sites (N-methyl/N-ethyl adjacent to an activating group) is 1. The molecule has 9 nitrogen and oxygen atoms in total. The molecule has 1 aliphatic carbocycles. The van der Waals surface area contributed by atoms with Crippen LogP contribution >= 0.6 is 15.9 Å². The summed E-state index contributed by atoms with van der Waals surface area (Å²) in [7, 11) is 3.89. The Morgan fingerprint density at radius 1 is 0.820 bits per heavy atom. The molecule has 2 aromatic carbocycles. The van der Waals surface area contributed by atoms with E-state index in [9.17, 15) is 19.2 Å². The molecule has 0 bridgehead atoms. The van der Waals surface area contributed by atoms with E-state index in [1.807, 2.05) is 18.2 Å². The summed E-state index contributed by atoms with van der Waals surface area (Å²) in [5.74, 6) is 0.391. The molecule has 2 N–H and O–H groups in total. The highest BCUT2D eigenvalue weighted by atomic mass is 79.9. The van der Waals surface area contributed by atoms with Crippen LogP contribution in [0.1, 0.15) is 103 Å². The number of aryl methyl sites for hydroxylation is 1. The average molecular weight is 743 g/mol. The number of halogens is 1. The maximum atomic E-state index is 13.6. The van der Waals surface area contributed by atoms with Crippen molar-refractivity contribution in [3.05, 3.63) is 97.9 Å². The Labute approximate surface area is 302 Å². The smallest absolute Gasteiger partial charge is 0.266 e. The Hall–Kier alpha value is -3.76. The normalized spacial score (nSPS) is 24.6. The summed E-state index contributed by atoms with van der Waals surface area (Å²) in [6.45, 7) is 3.47. The van der Waals surface area contributed by atoms with Crippen molar-refractivity contribution in [2.75, 3.05) is 38.5 Å². The van der Waals surface area contributed by atoms with Crippen molar-refractivity contribution in [3.8, 4) is 0 Å². The Kier molecular flexibility index (Phi) is 10.0. The zero-order chi connectivity index (χ0) is 35.0. The lowest BCUT2D eigenvalue weighted by Crippen LogP contribution is -2.44. The maximum absolute atomic E-state index is 13.6. The van der Waals surface area contributed by atoms with Gasteiger partial charge in [-0.05, 0) is 126 Å². The van der Waals surface area contributed by atoms with Crippen LogP contribution in [0.3, 0.4) is 0 Å². The monoisotopic (exact) mass is 741 g/mol. The van der Waals surface area contributed by atoms with Gasteiger partial charge in [-0.15, -0.1) is 0 Å². The second-order valence-electron chi connectivity index (χ2n) is 15.3. The van der Waals surface area contributed by atoms with E-state index in [0.717, 1.165) is 75.1 Å². The number of rotatable bonds is 6. The Bertz CT molecular complexity index is 1790. The molecule has 1 saturated carbocycles. The van der Waals surface area contributed by atoms with E-state index in [2.05, 4.69) is 79.8 Å². The van der Waals surface area contributed by atoms with E-state index in [0.29, 0.717) is 34.6 Å². The predicted octanol–water partition coefficient (Wildman–Crippen LogP) is 6.15. The number of imide groups is 1. The van der Waals surface area contributed by atoms with Crippen molar-refractivity contribution in [2.45, 2.75) is 81.6 Å². The summed E-state index contributed by atoms with van der Waals surface area (Å²) in [5.41, 5.74) is 5.43. The van der Waals surface area contributed by atoms with E-state index in [1.54, 1.807) is 17.8 Å². The second kappa shape index (κ2) is 14.5. The fourth-order valence-corrected chi connectivity index (χ4v) is 9.46. The van der Waals surface area contributed by atoms with Gasteiger partial charge < -0.3 is 19.7 Å². The molecule has 7 rings (SSSR count). The number of aromatic nitrogens is 1. The minimum absolute atomic E-state index is 0.0556. The van der Waals surface area contributed by atoms with Crippen molar-refractivity contribution in [3.63, 3.8) is 0 Å². The fraction of sp³-hybridized carbons (Fsp3) is 0.500. The quantitative estimate of drug-likeness (QED) is 0.294. The van der Waals surface area contributed by atoms with E-state index >= 15 is 0 Å². The van der Waals surface area contributed by atoms with Gasteiger partial charge in [0.25, 0.3) is 11.5 Å². The largest absolute Gasteiger partial charge is 0.380 e. The summed E-state index contributed by atoms with van der Waals surface area (Å²) in [5, 5.41) is 6.06. The SMILES string of the molecule is CN1CC(Nc2ccn(C)c(=O)c2Br)CC(c2ccc(C(=O)N3CCC4(CCC(c5ccc(C6CCC(=O)NC6=O)cc5)CC4)CC3)cc2)C1. The van der Waals surface area contributed by atoms with Gasteiger partial charge in [-0.2, -0.15) is 0 Å². The number of anilines is 1. The number of pyridine rings is 1. The van der Waals surface area contributed by atoms with Crippen molar-refractivity contribution in [2.24, 2.45) is 12.5 Å². The number of amides is 3. The zero-order valence-electron chi connectivity index (χ0n) is 29.1. The van der Waals surface area contributed by atoms with E-state index in [-0.39, 0.29) is 35.2 Å². The first-order valence-electron chi connectivity index (χ1n) is 18.2. The zero-order valence-corrected chi connectivity index (χ0v) is 30.7. The van der Waals surface area contributed by atoms with Gasteiger partial charge in [0, 0.05) is 57.4 Å². The molecule has 3 aliphatic heterocycles. The number of benzene rings is 2. The Morgan fingerprint density at radius 2 is 1.46 bits per heavy atom. The van der Waals surface area contributed by atoms with E-state index in [1.165, 1.54) is 24.0 Å². The lowest BCUT2D eigenvalue weighted by Gasteiger charge is -2.46. The third kappa shape index (κ3) is 7.33. The summed E-state index contributed by atoms with van der Waals surface area (Å²) < 4.78 is 2.12. The van der Waals surface area contributed by atoms with Gasteiger partial charge in [0.2, 0.25) is 11.8 Å². The van der Waals surface area contributed by atoms with Gasteiger partial charge >= 0.3 is 0 Å². The van der Waals surface area contributed by atoms with Crippen LogP contribution in [-0.2, 0) is 16.6 Å². The van der Waals surface area contributed by atoms with E-state index in [4.69, 9.17) is 0 Å². The molecule has 3 amide bonds. The fourth-order valence-electron chi connectivity index (χ4n) is 8.93. The Balaban J connectivity index is 0.901. The first-order valence-corrected chi connectivity index (χ1v) is 19.0. The van der Waals surface area contributed by atoms with Crippen molar-refractivity contribution in [1.29, 1.82) is 0 Å². The predicted molar refractivity (Wildman–Crippen MR) is 198 cm³/mol. The molecule has 50 heavy (non-hydrogen) atoms. The summed E-state index contributed by atoms with van der Waals surface area (Å²) in [6, 6.07) is 18.9. The molecular weight excluding hydrogens is 694 g/mol. The lowest BCUT2D eigenvalue weighted by atomic mass is 9.64. The molecule has 10 heteroatoms. The summed E-state index contributed by atoms with van der Waals surface area (Å²) >= 11 is 3.47. The first kappa shape index (κ1) is 34.7. The van der Waals surface area contributed by atoms with Crippen LogP contribution in [0.15, 0.2) is 70.1 Å². The topological polar surface area (TPSA) is 104 Å². The van der Waals surface area contributed by atoms with Crippen LogP contribution in [-0.4, -0.2) is 71.4 Å².